The number of carbonyl (C=O) groups is 1. The molecule has 0 unspecified atom stereocenters. The fourth-order valence-electron chi connectivity index (χ4n) is 3.12. The summed E-state index contributed by atoms with van der Waals surface area (Å²) in [6.45, 7) is 2.67. The lowest BCUT2D eigenvalue weighted by Crippen LogP contribution is -2.29. The van der Waals surface area contributed by atoms with Crippen LogP contribution in [0.2, 0.25) is 0 Å². The molecule has 0 atom stereocenters. The summed E-state index contributed by atoms with van der Waals surface area (Å²) in [6, 6.07) is 12.5. The maximum atomic E-state index is 12.4. The van der Waals surface area contributed by atoms with Gasteiger partial charge in [-0.1, -0.05) is 18.2 Å². The zero-order valence-electron chi connectivity index (χ0n) is 16.5. The number of amides is 2. The molecule has 0 aliphatic rings. The SMILES string of the molecule is Cc1nc(CCCNC(=O)Nc2cccc(Cn3nc4ccccn4c3=O)c2)n[nH]1. The first kappa shape index (κ1) is 19.4. The Hall–Kier alpha value is -3.95. The van der Waals surface area contributed by atoms with Gasteiger partial charge in [-0.05, 0) is 43.2 Å². The number of carbonyl (C=O) groups excluding carboxylic acids is 1. The fourth-order valence-corrected chi connectivity index (χ4v) is 3.12. The third-order valence-electron chi connectivity index (χ3n) is 4.51. The van der Waals surface area contributed by atoms with Crippen LogP contribution in [0.15, 0.2) is 53.5 Å². The lowest BCUT2D eigenvalue weighted by atomic mass is 10.2. The van der Waals surface area contributed by atoms with E-state index in [2.05, 4.69) is 30.9 Å². The number of aromatic amines is 1. The second-order valence-electron chi connectivity index (χ2n) is 6.89. The van der Waals surface area contributed by atoms with Crippen LogP contribution in [0, 0.1) is 6.92 Å². The summed E-state index contributed by atoms with van der Waals surface area (Å²) < 4.78 is 2.90. The minimum absolute atomic E-state index is 0.205. The molecule has 30 heavy (non-hydrogen) atoms. The molecule has 154 valence electrons. The van der Waals surface area contributed by atoms with Gasteiger partial charge in [-0.3, -0.25) is 9.50 Å². The number of anilines is 1. The van der Waals surface area contributed by atoms with Crippen LogP contribution in [0.1, 0.15) is 23.6 Å². The molecule has 0 aliphatic carbocycles. The summed E-state index contributed by atoms with van der Waals surface area (Å²) in [5.74, 6) is 1.52. The number of pyridine rings is 1. The minimum atomic E-state index is -0.289. The molecule has 3 N–H and O–H groups in total. The molecule has 4 aromatic rings. The predicted octanol–water partition coefficient (Wildman–Crippen LogP) is 1.73. The maximum absolute atomic E-state index is 12.4. The van der Waals surface area contributed by atoms with Crippen molar-refractivity contribution in [2.45, 2.75) is 26.3 Å². The Bertz CT molecular complexity index is 1220. The zero-order chi connectivity index (χ0) is 20.9. The summed E-state index contributed by atoms with van der Waals surface area (Å²) in [7, 11) is 0. The lowest BCUT2D eigenvalue weighted by molar-refractivity contribution is 0.252. The van der Waals surface area contributed by atoms with Gasteiger partial charge in [0.15, 0.2) is 11.5 Å². The van der Waals surface area contributed by atoms with E-state index < -0.39 is 0 Å². The summed E-state index contributed by atoms with van der Waals surface area (Å²) in [5.41, 5.74) is 1.89. The van der Waals surface area contributed by atoms with E-state index in [-0.39, 0.29) is 11.7 Å². The number of aromatic nitrogens is 6. The van der Waals surface area contributed by atoms with E-state index in [4.69, 9.17) is 0 Å². The van der Waals surface area contributed by atoms with E-state index in [9.17, 15) is 9.59 Å². The van der Waals surface area contributed by atoms with Crippen LogP contribution in [0.3, 0.4) is 0 Å². The van der Waals surface area contributed by atoms with Crippen LogP contribution >= 0.6 is 0 Å². The van der Waals surface area contributed by atoms with Crippen LogP contribution in [0.4, 0.5) is 10.5 Å². The van der Waals surface area contributed by atoms with Gasteiger partial charge in [0.05, 0.1) is 6.54 Å². The van der Waals surface area contributed by atoms with Crippen molar-refractivity contribution >= 4 is 17.4 Å². The third kappa shape index (κ3) is 4.54. The van der Waals surface area contributed by atoms with Crippen molar-refractivity contribution in [3.8, 4) is 0 Å². The van der Waals surface area contributed by atoms with Crippen molar-refractivity contribution < 1.29 is 4.79 Å². The Balaban J connectivity index is 1.32. The summed E-state index contributed by atoms with van der Waals surface area (Å²) >= 11 is 0. The highest BCUT2D eigenvalue weighted by atomic mass is 16.2. The van der Waals surface area contributed by atoms with Crippen molar-refractivity contribution in [1.82, 2.24) is 34.7 Å². The molecule has 1 aromatic carbocycles. The predicted molar refractivity (Wildman–Crippen MR) is 111 cm³/mol. The standard InChI is InChI=1S/C20H22N8O2/c1-14-22-17(25-24-14)8-5-10-21-19(29)23-16-7-4-6-15(12-16)13-28-20(30)27-11-3-2-9-18(27)26-28/h2-4,6-7,9,11-12H,5,8,10,13H2,1H3,(H2,21,23,29)(H,22,24,25). The molecule has 3 heterocycles. The first-order chi connectivity index (χ1) is 14.6. The Kier molecular flexibility index (Phi) is 5.55. The number of benzene rings is 1. The Morgan fingerprint density at radius 3 is 2.90 bits per heavy atom. The molecule has 0 radical (unpaired) electrons. The van der Waals surface area contributed by atoms with Gasteiger partial charge in [-0.2, -0.15) is 5.10 Å². The zero-order valence-corrected chi connectivity index (χ0v) is 16.5. The quantitative estimate of drug-likeness (QED) is 0.404. The molecular weight excluding hydrogens is 384 g/mol. The molecule has 4 rings (SSSR count). The summed E-state index contributed by atoms with van der Waals surface area (Å²) in [6.07, 6.45) is 3.11. The third-order valence-corrected chi connectivity index (χ3v) is 4.51. The fraction of sp³-hybridized carbons (Fsp3) is 0.250. The van der Waals surface area contributed by atoms with E-state index in [1.807, 2.05) is 31.2 Å². The van der Waals surface area contributed by atoms with Crippen molar-refractivity contribution in [3.05, 3.63) is 76.4 Å². The number of H-pyrrole nitrogens is 1. The van der Waals surface area contributed by atoms with Gasteiger partial charge in [0.25, 0.3) is 0 Å². The average Bonchev–Trinajstić information content (AvgIpc) is 3.29. The van der Waals surface area contributed by atoms with Crippen molar-refractivity contribution in [3.63, 3.8) is 0 Å². The highest BCUT2D eigenvalue weighted by Gasteiger charge is 2.08. The molecule has 10 heteroatoms. The second-order valence-corrected chi connectivity index (χ2v) is 6.89. The molecule has 0 spiro atoms. The van der Waals surface area contributed by atoms with E-state index in [0.29, 0.717) is 30.8 Å². The molecule has 0 fully saturated rings. The van der Waals surface area contributed by atoms with Gasteiger partial charge in [0, 0.05) is 24.8 Å². The molecule has 0 aliphatic heterocycles. The van der Waals surface area contributed by atoms with Crippen molar-refractivity contribution in [2.24, 2.45) is 0 Å². The minimum Gasteiger partial charge on any atom is -0.338 e. The van der Waals surface area contributed by atoms with Gasteiger partial charge in [-0.25, -0.2) is 19.3 Å². The lowest BCUT2D eigenvalue weighted by Gasteiger charge is -2.09. The number of nitrogens with one attached hydrogen (secondary N) is 3. The second kappa shape index (κ2) is 8.60. The molecule has 3 aromatic heterocycles. The molecule has 10 nitrogen and oxygen atoms in total. The number of nitrogens with zero attached hydrogens (tertiary/aromatic N) is 5. The van der Waals surface area contributed by atoms with Crippen molar-refractivity contribution in [1.29, 1.82) is 0 Å². The van der Waals surface area contributed by atoms with Crippen LogP contribution in [-0.4, -0.2) is 41.9 Å². The number of aryl methyl sites for hydroxylation is 2. The van der Waals surface area contributed by atoms with Gasteiger partial charge in [-0.15, -0.1) is 5.10 Å². The average molecular weight is 406 g/mol. The number of hydrogen-bond acceptors (Lipinski definition) is 5. The largest absolute Gasteiger partial charge is 0.350 e. The monoisotopic (exact) mass is 406 g/mol. The number of fused-ring (bicyclic) bond motifs is 1. The van der Waals surface area contributed by atoms with Gasteiger partial charge in [0.2, 0.25) is 0 Å². The smallest absolute Gasteiger partial charge is 0.338 e. The Labute approximate surface area is 172 Å². The highest BCUT2D eigenvalue weighted by Crippen LogP contribution is 2.11. The van der Waals surface area contributed by atoms with E-state index >= 15 is 0 Å². The number of urea groups is 1. The first-order valence-corrected chi connectivity index (χ1v) is 9.64. The normalized spacial score (nSPS) is 11.0. The molecule has 0 saturated heterocycles. The van der Waals surface area contributed by atoms with Crippen LogP contribution in [-0.2, 0) is 13.0 Å². The van der Waals surface area contributed by atoms with E-state index in [0.717, 1.165) is 23.6 Å². The Morgan fingerprint density at radius 2 is 2.10 bits per heavy atom. The van der Waals surface area contributed by atoms with Gasteiger partial charge >= 0.3 is 11.7 Å². The highest BCUT2D eigenvalue weighted by molar-refractivity contribution is 5.89. The molecule has 0 saturated carbocycles. The summed E-state index contributed by atoms with van der Waals surface area (Å²) in [4.78, 5) is 28.8. The molecular formula is C20H22N8O2. The summed E-state index contributed by atoms with van der Waals surface area (Å²) in [5, 5.41) is 16.8. The van der Waals surface area contributed by atoms with E-state index in [1.54, 1.807) is 24.4 Å². The number of hydrogen-bond donors (Lipinski definition) is 3. The topological polar surface area (TPSA) is 122 Å². The molecule has 2 amide bonds. The van der Waals surface area contributed by atoms with Crippen molar-refractivity contribution in [2.75, 3.05) is 11.9 Å². The van der Waals surface area contributed by atoms with Crippen LogP contribution < -0.4 is 16.3 Å². The van der Waals surface area contributed by atoms with Gasteiger partial charge in [0.1, 0.15) is 5.82 Å². The number of rotatable bonds is 7. The van der Waals surface area contributed by atoms with Crippen LogP contribution in [0.5, 0.6) is 0 Å². The molecule has 0 bridgehead atoms. The van der Waals surface area contributed by atoms with Gasteiger partial charge < -0.3 is 10.6 Å². The maximum Gasteiger partial charge on any atom is 0.350 e. The van der Waals surface area contributed by atoms with E-state index in [1.165, 1.54) is 9.08 Å². The van der Waals surface area contributed by atoms with Crippen LogP contribution in [0.25, 0.3) is 5.65 Å². The first-order valence-electron chi connectivity index (χ1n) is 9.64. The Morgan fingerprint density at radius 1 is 1.20 bits per heavy atom.